The molecule has 2 aromatic carbocycles. The van der Waals surface area contributed by atoms with Crippen molar-refractivity contribution in [3.05, 3.63) is 76.4 Å². The van der Waals surface area contributed by atoms with E-state index in [2.05, 4.69) is 0 Å². The average Bonchev–Trinajstić information content (AvgIpc) is 2.66. The van der Waals surface area contributed by atoms with Crippen molar-refractivity contribution in [2.24, 2.45) is 0 Å². The van der Waals surface area contributed by atoms with Crippen LogP contribution in [0.1, 0.15) is 49.0 Å². The Kier molecular flexibility index (Phi) is 5.66. The Balaban J connectivity index is 1.82. The molecule has 0 fully saturated rings. The molecule has 0 aliphatic carbocycles. The summed E-state index contributed by atoms with van der Waals surface area (Å²) in [7, 11) is 1.79. The molecule has 5 heteroatoms. The molecule has 0 N–H and O–H groups in total. The lowest BCUT2D eigenvalue weighted by Crippen LogP contribution is -2.36. The number of carbonyl (C=O) groups excluding carboxylic acids is 2. The molecule has 2 amide bonds. The van der Waals surface area contributed by atoms with E-state index in [1.807, 2.05) is 61.5 Å². The van der Waals surface area contributed by atoms with Gasteiger partial charge in [0.05, 0.1) is 18.5 Å². The maximum Gasteiger partial charge on any atom is 0.225 e. The Hall–Kier alpha value is -2.59. The number of fused-ring (bicyclic) bond motifs is 1. The van der Waals surface area contributed by atoms with Gasteiger partial charge < -0.3 is 9.80 Å². The molecule has 0 spiro atoms. The summed E-state index contributed by atoms with van der Waals surface area (Å²) in [5.74, 6) is -0.104. The van der Waals surface area contributed by atoms with Crippen molar-refractivity contribution in [3.8, 4) is 0 Å². The van der Waals surface area contributed by atoms with Crippen LogP contribution >= 0.6 is 11.6 Å². The standard InChI is InChI=1S/C22H23ClN2O2/c1-15(18-8-6-9-19(23)13-18)24(3)22(27)14-21-20-10-5-4-7-17(20)11-12-25(21)16(2)26/h4-13,15,21H,14H2,1-3H3. The maximum atomic E-state index is 13.0. The molecule has 27 heavy (non-hydrogen) atoms. The van der Waals surface area contributed by atoms with E-state index in [-0.39, 0.29) is 30.3 Å². The zero-order chi connectivity index (χ0) is 19.6. The average molecular weight is 383 g/mol. The lowest BCUT2D eigenvalue weighted by molar-refractivity contribution is -0.135. The molecule has 0 bridgehead atoms. The second kappa shape index (κ2) is 7.97. The number of hydrogen-bond acceptors (Lipinski definition) is 2. The number of benzene rings is 2. The van der Waals surface area contributed by atoms with E-state index in [4.69, 9.17) is 11.6 Å². The molecule has 0 radical (unpaired) electrons. The SMILES string of the molecule is CC(=O)N1C=Cc2ccccc2C1CC(=O)N(C)C(C)c1cccc(Cl)c1. The monoisotopic (exact) mass is 382 g/mol. The fraction of sp³-hybridized carbons (Fsp3) is 0.273. The van der Waals surface area contributed by atoms with Gasteiger partial charge in [0.15, 0.2) is 0 Å². The van der Waals surface area contributed by atoms with Crippen LogP contribution in [0.2, 0.25) is 5.02 Å². The second-order valence-corrected chi connectivity index (χ2v) is 7.26. The number of rotatable bonds is 4. The summed E-state index contributed by atoms with van der Waals surface area (Å²) in [4.78, 5) is 28.5. The molecule has 1 aliphatic rings. The molecular formula is C22H23ClN2O2. The van der Waals surface area contributed by atoms with Crippen LogP contribution in [0.25, 0.3) is 6.08 Å². The highest BCUT2D eigenvalue weighted by Gasteiger charge is 2.30. The largest absolute Gasteiger partial charge is 0.339 e. The van der Waals surface area contributed by atoms with Gasteiger partial charge in [-0.1, -0.05) is 48.0 Å². The van der Waals surface area contributed by atoms with Crippen LogP contribution in [0.5, 0.6) is 0 Å². The first kappa shape index (κ1) is 19.2. The zero-order valence-electron chi connectivity index (χ0n) is 15.7. The topological polar surface area (TPSA) is 40.6 Å². The molecule has 3 rings (SSSR count). The van der Waals surface area contributed by atoms with Crippen LogP contribution in [0.15, 0.2) is 54.7 Å². The molecule has 0 saturated heterocycles. The van der Waals surface area contributed by atoms with Gasteiger partial charge in [-0.3, -0.25) is 9.59 Å². The molecular weight excluding hydrogens is 360 g/mol. The minimum absolute atomic E-state index is 0.0242. The van der Waals surface area contributed by atoms with Crippen LogP contribution in [0.3, 0.4) is 0 Å². The van der Waals surface area contributed by atoms with Crippen molar-refractivity contribution >= 4 is 29.5 Å². The molecule has 4 nitrogen and oxygen atoms in total. The second-order valence-electron chi connectivity index (χ2n) is 6.83. The minimum Gasteiger partial charge on any atom is -0.339 e. The van der Waals surface area contributed by atoms with Crippen molar-refractivity contribution in [1.29, 1.82) is 0 Å². The van der Waals surface area contributed by atoms with Crippen molar-refractivity contribution in [2.45, 2.75) is 32.4 Å². The molecule has 140 valence electrons. The first-order valence-electron chi connectivity index (χ1n) is 8.95. The van der Waals surface area contributed by atoms with E-state index in [0.717, 1.165) is 16.7 Å². The fourth-order valence-corrected chi connectivity index (χ4v) is 3.63. The lowest BCUT2D eigenvalue weighted by atomic mass is 9.93. The first-order valence-corrected chi connectivity index (χ1v) is 9.33. The number of halogens is 1. The Labute approximate surface area is 165 Å². The van der Waals surface area contributed by atoms with Gasteiger partial charge in [-0.05, 0) is 41.8 Å². The van der Waals surface area contributed by atoms with E-state index in [9.17, 15) is 9.59 Å². The van der Waals surface area contributed by atoms with E-state index < -0.39 is 0 Å². The van der Waals surface area contributed by atoms with Crippen LogP contribution in [-0.4, -0.2) is 28.7 Å². The highest BCUT2D eigenvalue weighted by molar-refractivity contribution is 6.30. The normalized spacial score (nSPS) is 16.6. The third-order valence-corrected chi connectivity index (χ3v) is 5.38. The summed E-state index contributed by atoms with van der Waals surface area (Å²) in [6.07, 6.45) is 3.90. The molecule has 0 saturated carbocycles. The van der Waals surface area contributed by atoms with E-state index in [0.29, 0.717) is 5.02 Å². The van der Waals surface area contributed by atoms with Gasteiger partial charge in [0.2, 0.25) is 11.8 Å². The number of hydrogen-bond donors (Lipinski definition) is 0. The third-order valence-electron chi connectivity index (χ3n) is 5.14. The molecule has 2 aromatic rings. The summed E-state index contributed by atoms with van der Waals surface area (Å²) >= 11 is 6.08. The maximum absolute atomic E-state index is 13.0. The molecule has 0 aromatic heterocycles. The van der Waals surface area contributed by atoms with Gasteiger partial charge in [-0.15, -0.1) is 0 Å². The Morgan fingerprint density at radius 1 is 1.19 bits per heavy atom. The molecule has 1 aliphatic heterocycles. The molecule has 2 unspecified atom stereocenters. The molecule has 2 atom stereocenters. The predicted octanol–water partition coefficient (Wildman–Crippen LogP) is 4.82. The van der Waals surface area contributed by atoms with Crippen molar-refractivity contribution in [1.82, 2.24) is 9.80 Å². The Morgan fingerprint density at radius 3 is 2.63 bits per heavy atom. The summed E-state index contributed by atoms with van der Waals surface area (Å²) in [6, 6.07) is 15.0. The van der Waals surface area contributed by atoms with Crippen LogP contribution in [0, 0.1) is 0 Å². The third kappa shape index (κ3) is 4.06. The Bertz CT molecular complexity index is 893. The number of amides is 2. The lowest BCUT2D eigenvalue weighted by Gasteiger charge is -2.34. The highest BCUT2D eigenvalue weighted by Crippen LogP contribution is 2.34. The van der Waals surface area contributed by atoms with Gasteiger partial charge in [0, 0.05) is 25.2 Å². The Morgan fingerprint density at radius 2 is 1.93 bits per heavy atom. The summed E-state index contributed by atoms with van der Waals surface area (Å²) in [5, 5.41) is 0.647. The minimum atomic E-state index is -0.301. The van der Waals surface area contributed by atoms with Gasteiger partial charge >= 0.3 is 0 Å². The van der Waals surface area contributed by atoms with Crippen LogP contribution in [-0.2, 0) is 9.59 Å². The van der Waals surface area contributed by atoms with Crippen molar-refractivity contribution in [3.63, 3.8) is 0 Å². The highest BCUT2D eigenvalue weighted by atomic mass is 35.5. The van der Waals surface area contributed by atoms with Gasteiger partial charge in [0.25, 0.3) is 0 Å². The number of carbonyl (C=O) groups is 2. The number of nitrogens with zero attached hydrogens (tertiary/aromatic N) is 2. The van der Waals surface area contributed by atoms with E-state index in [1.54, 1.807) is 23.0 Å². The van der Waals surface area contributed by atoms with Gasteiger partial charge in [0.1, 0.15) is 0 Å². The zero-order valence-corrected chi connectivity index (χ0v) is 16.5. The van der Waals surface area contributed by atoms with Crippen LogP contribution < -0.4 is 0 Å². The van der Waals surface area contributed by atoms with Crippen LogP contribution in [0.4, 0.5) is 0 Å². The van der Waals surface area contributed by atoms with E-state index in [1.165, 1.54) is 6.92 Å². The van der Waals surface area contributed by atoms with Crippen molar-refractivity contribution in [2.75, 3.05) is 7.05 Å². The summed E-state index contributed by atoms with van der Waals surface area (Å²) in [5.41, 5.74) is 3.01. The fourth-order valence-electron chi connectivity index (χ4n) is 3.43. The van der Waals surface area contributed by atoms with Crippen molar-refractivity contribution < 1.29 is 9.59 Å². The van der Waals surface area contributed by atoms with Gasteiger partial charge in [-0.25, -0.2) is 0 Å². The quantitative estimate of drug-likeness (QED) is 0.760. The predicted molar refractivity (Wildman–Crippen MR) is 108 cm³/mol. The van der Waals surface area contributed by atoms with Gasteiger partial charge in [-0.2, -0.15) is 0 Å². The molecule has 1 heterocycles. The van der Waals surface area contributed by atoms with E-state index >= 15 is 0 Å². The summed E-state index contributed by atoms with van der Waals surface area (Å²) in [6.45, 7) is 3.50. The first-order chi connectivity index (χ1) is 12.9. The summed E-state index contributed by atoms with van der Waals surface area (Å²) < 4.78 is 0. The smallest absolute Gasteiger partial charge is 0.225 e.